The van der Waals surface area contributed by atoms with E-state index >= 15 is 0 Å². The van der Waals surface area contributed by atoms with Gasteiger partial charge in [0.1, 0.15) is 5.78 Å². The van der Waals surface area contributed by atoms with Gasteiger partial charge in [-0.15, -0.1) is 0 Å². The van der Waals surface area contributed by atoms with E-state index in [9.17, 15) is 9.59 Å². The van der Waals surface area contributed by atoms with Crippen LogP contribution in [0.3, 0.4) is 0 Å². The molecule has 1 radical (unpaired) electrons. The Balaban J connectivity index is 3.31. The molecule has 0 aromatic rings. The number of rotatable bonds is 7. The summed E-state index contributed by atoms with van der Waals surface area (Å²) in [5, 5.41) is 8.42. The molecule has 0 bridgehead atoms. The number of aliphatic hydroxyl groups is 1. The highest BCUT2D eigenvalue weighted by Gasteiger charge is 2.03. The Labute approximate surface area is 77.9 Å². The fourth-order valence-corrected chi connectivity index (χ4v) is 0.752. The summed E-state index contributed by atoms with van der Waals surface area (Å²) in [4.78, 5) is 21.5. The van der Waals surface area contributed by atoms with Crippen LogP contribution in [0, 0.1) is 6.92 Å². The van der Waals surface area contributed by atoms with Crippen molar-refractivity contribution in [3.05, 3.63) is 6.92 Å². The summed E-state index contributed by atoms with van der Waals surface area (Å²) < 4.78 is 4.66. The Hall–Kier alpha value is -0.900. The highest BCUT2D eigenvalue weighted by Crippen LogP contribution is 1.95. The van der Waals surface area contributed by atoms with Crippen molar-refractivity contribution in [1.82, 2.24) is 0 Å². The first-order chi connectivity index (χ1) is 6.20. The lowest BCUT2D eigenvalue weighted by molar-refractivity contribution is -0.143. The fraction of sp³-hybridized carbons (Fsp3) is 0.667. The van der Waals surface area contributed by atoms with E-state index in [0.717, 1.165) is 0 Å². The van der Waals surface area contributed by atoms with Gasteiger partial charge in [0.25, 0.3) is 0 Å². The Bertz CT molecular complexity index is 165. The predicted molar refractivity (Wildman–Crippen MR) is 46.9 cm³/mol. The molecule has 0 fully saturated rings. The molecular weight excluding hydrogens is 172 g/mol. The van der Waals surface area contributed by atoms with Gasteiger partial charge < -0.3 is 9.84 Å². The van der Waals surface area contributed by atoms with Crippen molar-refractivity contribution in [2.45, 2.75) is 25.7 Å². The van der Waals surface area contributed by atoms with Crippen molar-refractivity contribution in [3.8, 4) is 0 Å². The summed E-state index contributed by atoms with van der Waals surface area (Å²) >= 11 is 0. The van der Waals surface area contributed by atoms with Crippen LogP contribution in [0.4, 0.5) is 0 Å². The van der Waals surface area contributed by atoms with Crippen LogP contribution in [0.5, 0.6) is 0 Å². The third-order valence-electron chi connectivity index (χ3n) is 1.46. The molecule has 0 aliphatic carbocycles. The summed E-state index contributed by atoms with van der Waals surface area (Å²) in [6.07, 6.45) is 1.14. The zero-order chi connectivity index (χ0) is 10.1. The monoisotopic (exact) mass is 187 g/mol. The zero-order valence-corrected chi connectivity index (χ0v) is 7.62. The molecule has 0 amide bonds. The second-order valence-electron chi connectivity index (χ2n) is 2.59. The van der Waals surface area contributed by atoms with Gasteiger partial charge >= 0.3 is 5.97 Å². The first kappa shape index (κ1) is 12.1. The predicted octanol–water partition coefficient (Wildman–Crippen LogP) is 0.485. The van der Waals surface area contributed by atoms with Gasteiger partial charge in [0.05, 0.1) is 6.61 Å². The standard InChI is InChI=1S/C9H15O4/c1-2-9(12)13-7-5-8(11)4-3-6-10/h10H,1-7H2. The maximum Gasteiger partial charge on any atom is 0.305 e. The van der Waals surface area contributed by atoms with Gasteiger partial charge in [-0.25, -0.2) is 0 Å². The number of aliphatic hydroxyl groups excluding tert-OH is 1. The molecular formula is C9H15O4. The molecule has 0 aromatic carbocycles. The molecule has 0 rings (SSSR count). The average molecular weight is 187 g/mol. The van der Waals surface area contributed by atoms with Crippen molar-refractivity contribution < 1.29 is 19.4 Å². The number of Topliss-reactive ketones (excluding diaryl/α,β-unsaturated/α-hetero) is 1. The van der Waals surface area contributed by atoms with Crippen molar-refractivity contribution >= 4 is 11.8 Å². The average Bonchev–Trinajstić information content (AvgIpc) is 2.14. The van der Waals surface area contributed by atoms with Crippen molar-refractivity contribution in [2.75, 3.05) is 13.2 Å². The molecule has 0 saturated heterocycles. The minimum absolute atomic E-state index is 0.00547. The van der Waals surface area contributed by atoms with E-state index < -0.39 is 5.97 Å². The highest BCUT2D eigenvalue weighted by molar-refractivity contribution is 5.78. The molecule has 0 aliphatic heterocycles. The third-order valence-corrected chi connectivity index (χ3v) is 1.46. The molecule has 0 atom stereocenters. The first-order valence-corrected chi connectivity index (χ1v) is 4.28. The number of esters is 1. The maximum atomic E-state index is 11.0. The normalized spacial score (nSPS) is 9.69. The van der Waals surface area contributed by atoms with Crippen LogP contribution in [-0.2, 0) is 14.3 Å². The summed E-state index contributed by atoms with van der Waals surface area (Å²) in [6.45, 7) is 3.48. The van der Waals surface area contributed by atoms with Gasteiger partial charge in [-0.1, -0.05) is 0 Å². The van der Waals surface area contributed by atoms with Gasteiger partial charge in [0.2, 0.25) is 0 Å². The van der Waals surface area contributed by atoms with Gasteiger partial charge in [0, 0.05) is 25.9 Å². The van der Waals surface area contributed by atoms with E-state index in [4.69, 9.17) is 5.11 Å². The summed E-state index contributed by atoms with van der Waals surface area (Å²) in [5.41, 5.74) is 0. The number of ether oxygens (including phenoxy) is 1. The van der Waals surface area contributed by atoms with Crippen molar-refractivity contribution in [2.24, 2.45) is 0 Å². The fourth-order valence-electron chi connectivity index (χ4n) is 0.752. The van der Waals surface area contributed by atoms with E-state index in [-0.39, 0.29) is 31.8 Å². The van der Waals surface area contributed by atoms with Crippen LogP contribution in [0.1, 0.15) is 25.7 Å². The van der Waals surface area contributed by atoms with Crippen LogP contribution in [0.25, 0.3) is 0 Å². The molecule has 13 heavy (non-hydrogen) atoms. The van der Waals surface area contributed by atoms with Gasteiger partial charge in [-0.05, 0) is 13.3 Å². The molecule has 0 aliphatic rings. The lowest BCUT2D eigenvalue weighted by Crippen LogP contribution is -2.09. The van der Waals surface area contributed by atoms with Crippen molar-refractivity contribution in [3.63, 3.8) is 0 Å². The van der Waals surface area contributed by atoms with Crippen LogP contribution in [-0.4, -0.2) is 30.1 Å². The van der Waals surface area contributed by atoms with Crippen LogP contribution in [0.15, 0.2) is 0 Å². The second kappa shape index (κ2) is 7.73. The number of carbonyl (C=O) groups is 2. The molecule has 4 heteroatoms. The smallest absolute Gasteiger partial charge is 0.305 e. The van der Waals surface area contributed by atoms with Crippen LogP contribution >= 0.6 is 0 Å². The van der Waals surface area contributed by atoms with E-state index in [2.05, 4.69) is 11.7 Å². The Morgan fingerprint density at radius 1 is 1.31 bits per heavy atom. The minimum Gasteiger partial charge on any atom is -0.465 e. The number of hydrogen-bond donors (Lipinski definition) is 1. The lowest BCUT2D eigenvalue weighted by atomic mass is 10.2. The van der Waals surface area contributed by atoms with Crippen LogP contribution in [0.2, 0.25) is 0 Å². The third kappa shape index (κ3) is 7.46. The lowest BCUT2D eigenvalue weighted by Gasteiger charge is -2.01. The minimum atomic E-state index is -0.394. The first-order valence-electron chi connectivity index (χ1n) is 4.28. The summed E-state index contributed by atoms with van der Waals surface area (Å²) in [6, 6.07) is 0. The number of hydrogen-bond acceptors (Lipinski definition) is 4. The topological polar surface area (TPSA) is 63.6 Å². The molecule has 0 heterocycles. The Morgan fingerprint density at radius 2 is 2.00 bits per heavy atom. The molecule has 0 spiro atoms. The Kier molecular flexibility index (Phi) is 7.20. The number of ketones is 1. The number of carbonyl (C=O) groups excluding carboxylic acids is 2. The van der Waals surface area contributed by atoms with Gasteiger partial charge in [0.15, 0.2) is 0 Å². The van der Waals surface area contributed by atoms with Gasteiger partial charge in [-0.3, -0.25) is 9.59 Å². The SMILES string of the molecule is [CH2]CC(=O)OCCC(=O)CCCO. The van der Waals surface area contributed by atoms with E-state index in [1.807, 2.05) is 0 Å². The van der Waals surface area contributed by atoms with Gasteiger partial charge in [-0.2, -0.15) is 0 Å². The zero-order valence-electron chi connectivity index (χ0n) is 7.62. The van der Waals surface area contributed by atoms with E-state index in [1.54, 1.807) is 0 Å². The van der Waals surface area contributed by atoms with E-state index in [0.29, 0.717) is 12.8 Å². The van der Waals surface area contributed by atoms with Crippen molar-refractivity contribution in [1.29, 1.82) is 0 Å². The quantitative estimate of drug-likeness (QED) is 0.589. The summed E-state index contributed by atoms with van der Waals surface area (Å²) in [5.74, 6) is -0.388. The second-order valence-corrected chi connectivity index (χ2v) is 2.59. The molecule has 75 valence electrons. The molecule has 0 aromatic heterocycles. The summed E-state index contributed by atoms with van der Waals surface area (Å²) in [7, 11) is 0. The molecule has 4 nitrogen and oxygen atoms in total. The maximum absolute atomic E-state index is 11.0. The Morgan fingerprint density at radius 3 is 2.54 bits per heavy atom. The highest BCUT2D eigenvalue weighted by atomic mass is 16.5. The van der Waals surface area contributed by atoms with E-state index in [1.165, 1.54) is 0 Å². The molecule has 1 N–H and O–H groups in total. The van der Waals surface area contributed by atoms with Crippen LogP contribution < -0.4 is 0 Å². The molecule has 0 saturated carbocycles. The largest absolute Gasteiger partial charge is 0.465 e. The molecule has 0 unspecified atom stereocenters.